The Balaban J connectivity index is 2.67. The number of rotatable bonds is 1. The number of aliphatic hydroxyl groups is 1. The van der Waals surface area contributed by atoms with Crippen LogP contribution in [-0.2, 0) is 0 Å². The summed E-state index contributed by atoms with van der Waals surface area (Å²) < 4.78 is 0. The van der Waals surface area contributed by atoms with Crippen LogP contribution in [0.25, 0.3) is 0 Å². The van der Waals surface area contributed by atoms with Gasteiger partial charge in [-0.25, -0.2) is 0 Å². The quantitative estimate of drug-likeness (QED) is 0.618. The highest BCUT2D eigenvalue weighted by Crippen LogP contribution is 2.34. The van der Waals surface area contributed by atoms with Crippen LogP contribution in [0.3, 0.4) is 0 Å². The molecule has 76 valence electrons. The zero-order chi connectivity index (χ0) is 10.0. The molecule has 1 aliphatic rings. The minimum absolute atomic E-state index is 0.117. The Hall–Kier alpha value is -0.300. The van der Waals surface area contributed by atoms with E-state index in [1.165, 1.54) is 12.0 Å². The first-order valence-electron chi connectivity index (χ1n) is 5.33. The van der Waals surface area contributed by atoms with Gasteiger partial charge in [-0.3, -0.25) is 0 Å². The summed E-state index contributed by atoms with van der Waals surface area (Å²) in [5.74, 6) is 1.71. The normalized spacial score (nSPS) is 40.1. The molecule has 0 aromatic heterocycles. The Morgan fingerprint density at radius 1 is 1.23 bits per heavy atom. The largest absolute Gasteiger partial charge is 0.392 e. The number of hydrogen-bond acceptors (Lipinski definition) is 1. The van der Waals surface area contributed by atoms with Crippen LogP contribution < -0.4 is 0 Å². The summed E-state index contributed by atoms with van der Waals surface area (Å²) in [4.78, 5) is 0. The van der Waals surface area contributed by atoms with Crippen molar-refractivity contribution >= 4 is 0 Å². The summed E-state index contributed by atoms with van der Waals surface area (Å²) in [5, 5.41) is 9.91. The summed E-state index contributed by atoms with van der Waals surface area (Å²) in [7, 11) is 0. The van der Waals surface area contributed by atoms with Gasteiger partial charge in [0.1, 0.15) is 0 Å². The molecule has 0 aromatic rings. The highest BCUT2D eigenvalue weighted by Gasteiger charge is 2.30. The molecule has 1 fully saturated rings. The molecule has 0 bridgehead atoms. The third-order valence-corrected chi connectivity index (χ3v) is 3.05. The van der Waals surface area contributed by atoms with E-state index in [4.69, 9.17) is 0 Å². The fourth-order valence-corrected chi connectivity index (χ4v) is 2.50. The zero-order valence-corrected chi connectivity index (χ0v) is 9.25. The van der Waals surface area contributed by atoms with E-state index in [-0.39, 0.29) is 6.10 Å². The van der Waals surface area contributed by atoms with Crippen LogP contribution in [0, 0.1) is 17.8 Å². The average molecular weight is 182 g/mol. The van der Waals surface area contributed by atoms with Gasteiger partial charge in [0.15, 0.2) is 0 Å². The Bertz CT molecular complexity index is 179. The number of aliphatic hydroxyl groups excluding tert-OH is 1. The van der Waals surface area contributed by atoms with Crippen LogP contribution in [0.1, 0.15) is 40.5 Å². The highest BCUT2D eigenvalue weighted by atomic mass is 16.3. The van der Waals surface area contributed by atoms with Crippen LogP contribution in [0.4, 0.5) is 0 Å². The fourth-order valence-electron chi connectivity index (χ4n) is 2.50. The molecule has 1 nitrogen and oxygen atoms in total. The predicted molar refractivity (Wildman–Crippen MR) is 56.5 cm³/mol. The van der Waals surface area contributed by atoms with E-state index in [2.05, 4.69) is 33.8 Å². The highest BCUT2D eigenvalue weighted by molar-refractivity contribution is 5.03. The lowest BCUT2D eigenvalue weighted by molar-refractivity contribution is 0.0395. The van der Waals surface area contributed by atoms with Crippen LogP contribution in [-0.4, -0.2) is 11.2 Å². The topological polar surface area (TPSA) is 20.2 Å². The van der Waals surface area contributed by atoms with Gasteiger partial charge in [-0.05, 0) is 38.5 Å². The summed E-state index contributed by atoms with van der Waals surface area (Å²) >= 11 is 0. The zero-order valence-electron chi connectivity index (χ0n) is 9.25. The van der Waals surface area contributed by atoms with Crippen LogP contribution in [0.2, 0.25) is 0 Å². The molecule has 0 radical (unpaired) electrons. The summed E-state index contributed by atoms with van der Waals surface area (Å²) in [6.07, 6.45) is 4.35. The molecule has 1 saturated carbocycles. The maximum absolute atomic E-state index is 9.91. The van der Waals surface area contributed by atoms with Crippen molar-refractivity contribution in [3.8, 4) is 0 Å². The van der Waals surface area contributed by atoms with Crippen molar-refractivity contribution in [3.63, 3.8) is 0 Å². The van der Waals surface area contributed by atoms with Gasteiger partial charge in [0.25, 0.3) is 0 Å². The summed E-state index contributed by atoms with van der Waals surface area (Å²) in [6.45, 7) is 8.70. The Labute approximate surface area is 81.9 Å². The molecule has 4 atom stereocenters. The van der Waals surface area contributed by atoms with Crippen molar-refractivity contribution in [2.45, 2.75) is 46.6 Å². The first-order valence-corrected chi connectivity index (χ1v) is 5.33. The van der Waals surface area contributed by atoms with Crippen LogP contribution in [0.5, 0.6) is 0 Å². The molecular weight excluding hydrogens is 160 g/mol. The Morgan fingerprint density at radius 3 is 2.31 bits per heavy atom. The van der Waals surface area contributed by atoms with Crippen molar-refractivity contribution < 1.29 is 5.11 Å². The van der Waals surface area contributed by atoms with Gasteiger partial charge in [0.05, 0.1) is 6.10 Å². The smallest absolute Gasteiger partial charge is 0.0608 e. The maximum Gasteiger partial charge on any atom is 0.0608 e. The maximum atomic E-state index is 9.91. The minimum atomic E-state index is -0.117. The first-order chi connectivity index (χ1) is 6.00. The third kappa shape index (κ3) is 2.84. The lowest BCUT2D eigenvalue weighted by Gasteiger charge is -2.35. The molecule has 1 rings (SSSR count). The van der Waals surface area contributed by atoms with E-state index >= 15 is 0 Å². The van der Waals surface area contributed by atoms with Crippen molar-refractivity contribution in [3.05, 3.63) is 11.6 Å². The molecule has 0 spiro atoms. The molecule has 0 aliphatic heterocycles. The van der Waals surface area contributed by atoms with Crippen molar-refractivity contribution in [1.82, 2.24) is 0 Å². The van der Waals surface area contributed by atoms with Gasteiger partial charge in [0, 0.05) is 5.92 Å². The minimum Gasteiger partial charge on any atom is -0.392 e. The molecule has 0 amide bonds. The predicted octanol–water partition coefficient (Wildman–Crippen LogP) is 3.00. The standard InChI is InChI=1S/C12H22O/c1-8(2)5-11-10(4)6-9(3)7-12(11)13/h5,9-13H,6-7H2,1-4H3. The van der Waals surface area contributed by atoms with Gasteiger partial charge < -0.3 is 5.11 Å². The molecule has 4 unspecified atom stereocenters. The van der Waals surface area contributed by atoms with Crippen LogP contribution in [0.15, 0.2) is 11.6 Å². The van der Waals surface area contributed by atoms with Gasteiger partial charge in [-0.1, -0.05) is 25.5 Å². The van der Waals surface area contributed by atoms with E-state index in [1.807, 2.05) is 0 Å². The molecule has 1 aliphatic carbocycles. The second kappa shape index (κ2) is 4.28. The lowest BCUT2D eigenvalue weighted by Crippen LogP contribution is -2.33. The molecule has 0 aromatic carbocycles. The third-order valence-electron chi connectivity index (χ3n) is 3.05. The summed E-state index contributed by atoms with van der Waals surface area (Å²) in [6, 6.07) is 0. The van der Waals surface area contributed by atoms with E-state index in [1.54, 1.807) is 0 Å². The second-order valence-corrected chi connectivity index (χ2v) is 4.94. The lowest BCUT2D eigenvalue weighted by atomic mass is 9.73. The van der Waals surface area contributed by atoms with Gasteiger partial charge in [0.2, 0.25) is 0 Å². The van der Waals surface area contributed by atoms with Crippen molar-refractivity contribution in [2.24, 2.45) is 17.8 Å². The van der Waals surface area contributed by atoms with Crippen molar-refractivity contribution in [2.75, 3.05) is 0 Å². The van der Waals surface area contributed by atoms with E-state index in [0.29, 0.717) is 17.8 Å². The van der Waals surface area contributed by atoms with E-state index in [9.17, 15) is 5.11 Å². The Kier molecular flexibility index (Phi) is 3.55. The second-order valence-electron chi connectivity index (χ2n) is 4.94. The van der Waals surface area contributed by atoms with E-state index in [0.717, 1.165) is 6.42 Å². The van der Waals surface area contributed by atoms with E-state index < -0.39 is 0 Å². The average Bonchev–Trinajstić information content (AvgIpc) is 1.96. The summed E-state index contributed by atoms with van der Waals surface area (Å²) in [5.41, 5.74) is 1.32. The van der Waals surface area contributed by atoms with Crippen LogP contribution >= 0.6 is 0 Å². The SMILES string of the molecule is CC(C)=CC1C(C)CC(C)CC1O. The molecule has 13 heavy (non-hydrogen) atoms. The Morgan fingerprint density at radius 2 is 1.85 bits per heavy atom. The first kappa shape index (κ1) is 10.8. The van der Waals surface area contributed by atoms with Gasteiger partial charge >= 0.3 is 0 Å². The number of allylic oxidation sites excluding steroid dienone is 1. The van der Waals surface area contributed by atoms with Gasteiger partial charge in [-0.15, -0.1) is 0 Å². The van der Waals surface area contributed by atoms with Crippen molar-refractivity contribution in [1.29, 1.82) is 0 Å². The molecule has 1 heteroatoms. The molecule has 1 N–H and O–H groups in total. The van der Waals surface area contributed by atoms with Gasteiger partial charge in [-0.2, -0.15) is 0 Å². The monoisotopic (exact) mass is 182 g/mol. The molecular formula is C12H22O. The molecule has 0 heterocycles. The molecule has 0 saturated heterocycles. The number of hydrogen-bond donors (Lipinski definition) is 1. The fraction of sp³-hybridized carbons (Fsp3) is 0.833.